The van der Waals surface area contributed by atoms with E-state index in [0.29, 0.717) is 17.4 Å². The maximum atomic E-state index is 12.4. The molecule has 1 amide bonds. The molecule has 0 saturated heterocycles. The fourth-order valence-corrected chi connectivity index (χ4v) is 4.07. The van der Waals surface area contributed by atoms with E-state index in [-0.39, 0.29) is 23.4 Å². The summed E-state index contributed by atoms with van der Waals surface area (Å²) in [4.78, 5) is 12.5. The van der Waals surface area contributed by atoms with Crippen LogP contribution in [0.15, 0.2) is 41.8 Å². The Morgan fingerprint density at radius 2 is 1.92 bits per heavy atom. The van der Waals surface area contributed by atoms with Gasteiger partial charge in [-0.05, 0) is 42.5 Å². The van der Waals surface area contributed by atoms with Crippen molar-refractivity contribution in [2.75, 3.05) is 6.54 Å². The molecule has 0 spiro atoms. The summed E-state index contributed by atoms with van der Waals surface area (Å²) in [6.45, 7) is 8.05. The molecule has 1 fully saturated rings. The number of rotatable bonds is 6. The van der Waals surface area contributed by atoms with Gasteiger partial charge in [0.25, 0.3) is 5.91 Å². The number of hydrogen-bond acceptors (Lipinski definition) is 3. The molecular formula is C18H26N2O3S. The third-order valence-electron chi connectivity index (χ3n) is 4.87. The van der Waals surface area contributed by atoms with Crippen LogP contribution >= 0.6 is 0 Å². The third-order valence-corrected chi connectivity index (χ3v) is 6.31. The minimum absolute atomic E-state index is 0.139. The second-order valence-corrected chi connectivity index (χ2v) is 8.28. The van der Waals surface area contributed by atoms with Crippen molar-refractivity contribution in [1.82, 2.24) is 10.0 Å². The summed E-state index contributed by atoms with van der Waals surface area (Å²) >= 11 is 0. The lowest BCUT2D eigenvalue weighted by molar-refractivity contribution is 0.0891. The fourth-order valence-electron chi connectivity index (χ4n) is 3.07. The molecule has 1 aliphatic rings. The van der Waals surface area contributed by atoms with Crippen LogP contribution in [-0.4, -0.2) is 26.9 Å². The van der Waals surface area contributed by atoms with Gasteiger partial charge in [0.05, 0.1) is 4.90 Å². The summed E-state index contributed by atoms with van der Waals surface area (Å²) in [6.07, 6.45) is 4.81. The molecule has 0 aromatic heterocycles. The van der Waals surface area contributed by atoms with E-state index in [2.05, 4.69) is 30.5 Å². The molecule has 1 aromatic carbocycles. The van der Waals surface area contributed by atoms with Crippen LogP contribution in [-0.2, 0) is 10.0 Å². The molecule has 3 atom stereocenters. The predicted molar refractivity (Wildman–Crippen MR) is 95.3 cm³/mol. The summed E-state index contributed by atoms with van der Waals surface area (Å²) < 4.78 is 26.4. The van der Waals surface area contributed by atoms with Crippen molar-refractivity contribution < 1.29 is 13.2 Å². The Morgan fingerprint density at radius 3 is 2.54 bits per heavy atom. The number of hydrogen-bond donors (Lipinski definition) is 2. The largest absolute Gasteiger partial charge is 0.349 e. The van der Waals surface area contributed by atoms with Gasteiger partial charge in [-0.2, -0.15) is 0 Å². The van der Waals surface area contributed by atoms with E-state index < -0.39 is 10.0 Å². The number of carbonyl (C=O) groups excluding carboxylic acids is 1. The van der Waals surface area contributed by atoms with Crippen LogP contribution in [0.3, 0.4) is 0 Å². The average Bonchev–Trinajstić information content (AvgIpc) is 2.57. The van der Waals surface area contributed by atoms with Gasteiger partial charge < -0.3 is 5.32 Å². The highest BCUT2D eigenvalue weighted by molar-refractivity contribution is 7.89. The first-order chi connectivity index (χ1) is 11.3. The van der Waals surface area contributed by atoms with Gasteiger partial charge in [0.2, 0.25) is 10.0 Å². The molecule has 5 nitrogen and oxygen atoms in total. The quantitative estimate of drug-likeness (QED) is 0.775. The van der Waals surface area contributed by atoms with E-state index in [4.69, 9.17) is 0 Å². The molecule has 0 aliphatic heterocycles. The lowest BCUT2D eigenvalue weighted by Crippen LogP contribution is -2.43. The van der Waals surface area contributed by atoms with E-state index in [1.165, 1.54) is 24.6 Å². The molecule has 0 bridgehead atoms. The number of benzene rings is 1. The first-order valence-electron chi connectivity index (χ1n) is 8.36. The predicted octanol–water partition coefficient (Wildman–Crippen LogP) is 2.71. The third kappa shape index (κ3) is 4.45. The Labute approximate surface area is 144 Å². The standard InChI is InChI=1S/C18H26N2O3S/c1-4-12-19-24(22,23)16-10-8-15(9-11-16)18(21)20-17-7-5-6-13(2)14(17)3/h4,8-11,13-14,17,19H,1,5-7,12H2,2-3H3,(H,20,21). The Hall–Kier alpha value is -1.66. The van der Waals surface area contributed by atoms with Gasteiger partial charge in [-0.15, -0.1) is 6.58 Å². The van der Waals surface area contributed by atoms with Crippen LogP contribution in [0.2, 0.25) is 0 Å². The van der Waals surface area contributed by atoms with E-state index in [0.717, 1.165) is 12.8 Å². The number of sulfonamides is 1. The van der Waals surface area contributed by atoms with Gasteiger partial charge in [0.1, 0.15) is 0 Å². The average molecular weight is 350 g/mol. The second-order valence-electron chi connectivity index (χ2n) is 6.51. The fraction of sp³-hybridized carbons (Fsp3) is 0.500. The molecule has 1 aliphatic carbocycles. The van der Waals surface area contributed by atoms with E-state index in [1.807, 2.05) is 0 Å². The summed E-state index contributed by atoms with van der Waals surface area (Å²) in [6, 6.07) is 6.18. The SMILES string of the molecule is C=CCNS(=O)(=O)c1ccc(C(=O)NC2CCCC(C)C2C)cc1. The van der Waals surface area contributed by atoms with Crippen molar-refractivity contribution in [3.63, 3.8) is 0 Å². The van der Waals surface area contributed by atoms with Crippen molar-refractivity contribution in [2.24, 2.45) is 11.8 Å². The normalized spacial score (nSPS) is 24.3. The molecule has 1 aromatic rings. The molecule has 3 unspecified atom stereocenters. The van der Waals surface area contributed by atoms with Crippen molar-refractivity contribution in [3.8, 4) is 0 Å². The summed E-state index contributed by atoms with van der Waals surface area (Å²) in [7, 11) is -3.56. The summed E-state index contributed by atoms with van der Waals surface area (Å²) in [5.41, 5.74) is 0.475. The number of nitrogens with one attached hydrogen (secondary N) is 2. The van der Waals surface area contributed by atoms with Crippen LogP contribution in [0.1, 0.15) is 43.5 Å². The maximum Gasteiger partial charge on any atom is 0.251 e. The number of amides is 1. The van der Waals surface area contributed by atoms with Crippen molar-refractivity contribution in [1.29, 1.82) is 0 Å². The monoisotopic (exact) mass is 350 g/mol. The molecule has 1 saturated carbocycles. The molecule has 132 valence electrons. The molecular weight excluding hydrogens is 324 g/mol. The molecule has 0 radical (unpaired) electrons. The first-order valence-corrected chi connectivity index (χ1v) is 9.85. The minimum Gasteiger partial charge on any atom is -0.349 e. The lowest BCUT2D eigenvalue weighted by Gasteiger charge is -2.34. The Bertz CT molecular complexity index is 683. The van der Waals surface area contributed by atoms with Crippen molar-refractivity contribution >= 4 is 15.9 Å². The minimum atomic E-state index is -3.56. The molecule has 0 heterocycles. The van der Waals surface area contributed by atoms with Crippen LogP contribution in [0, 0.1) is 11.8 Å². The second kappa shape index (κ2) is 7.94. The topological polar surface area (TPSA) is 75.3 Å². The van der Waals surface area contributed by atoms with Crippen LogP contribution < -0.4 is 10.0 Å². The zero-order valence-electron chi connectivity index (χ0n) is 14.3. The highest BCUT2D eigenvalue weighted by atomic mass is 32.2. The van der Waals surface area contributed by atoms with E-state index in [9.17, 15) is 13.2 Å². The van der Waals surface area contributed by atoms with E-state index >= 15 is 0 Å². The van der Waals surface area contributed by atoms with Crippen LogP contribution in [0.25, 0.3) is 0 Å². The highest BCUT2D eigenvalue weighted by Gasteiger charge is 2.28. The molecule has 6 heteroatoms. The smallest absolute Gasteiger partial charge is 0.251 e. The molecule has 24 heavy (non-hydrogen) atoms. The Kier molecular flexibility index (Phi) is 6.18. The lowest BCUT2D eigenvalue weighted by atomic mass is 9.78. The zero-order valence-corrected chi connectivity index (χ0v) is 15.1. The van der Waals surface area contributed by atoms with Gasteiger partial charge in [0.15, 0.2) is 0 Å². The van der Waals surface area contributed by atoms with Gasteiger partial charge in [-0.1, -0.05) is 32.8 Å². The van der Waals surface area contributed by atoms with Gasteiger partial charge in [-0.3, -0.25) is 4.79 Å². The molecule has 2 N–H and O–H groups in total. The zero-order chi connectivity index (χ0) is 17.7. The Morgan fingerprint density at radius 1 is 1.25 bits per heavy atom. The van der Waals surface area contributed by atoms with Crippen molar-refractivity contribution in [2.45, 2.75) is 44.0 Å². The number of carbonyl (C=O) groups is 1. The molecule has 2 rings (SSSR count). The van der Waals surface area contributed by atoms with Crippen molar-refractivity contribution in [3.05, 3.63) is 42.5 Å². The first kappa shape index (κ1) is 18.7. The Balaban J connectivity index is 2.05. The highest BCUT2D eigenvalue weighted by Crippen LogP contribution is 2.29. The summed E-state index contributed by atoms with van der Waals surface area (Å²) in [5.74, 6) is 0.905. The van der Waals surface area contributed by atoms with Crippen LogP contribution in [0.5, 0.6) is 0 Å². The van der Waals surface area contributed by atoms with Gasteiger partial charge in [0, 0.05) is 18.2 Å². The van der Waals surface area contributed by atoms with Crippen LogP contribution in [0.4, 0.5) is 0 Å². The van der Waals surface area contributed by atoms with E-state index in [1.54, 1.807) is 12.1 Å². The van der Waals surface area contributed by atoms with Gasteiger partial charge in [-0.25, -0.2) is 13.1 Å². The van der Waals surface area contributed by atoms with Gasteiger partial charge >= 0.3 is 0 Å². The summed E-state index contributed by atoms with van der Waals surface area (Å²) in [5, 5.41) is 3.09. The maximum absolute atomic E-state index is 12.4.